The maximum atomic E-state index is 12.6. The molecule has 1 aromatic rings. The van der Waals surface area contributed by atoms with Gasteiger partial charge in [0.05, 0.1) is 5.56 Å². The minimum Gasteiger partial charge on any atom is -0.399 e. The van der Waals surface area contributed by atoms with Crippen LogP contribution in [0.25, 0.3) is 0 Å². The van der Waals surface area contributed by atoms with Gasteiger partial charge in [-0.2, -0.15) is 9.57 Å². The van der Waals surface area contributed by atoms with Gasteiger partial charge >= 0.3 is 0 Å². The minimum absolute atomic E-state index is 0.00296. The molecule has 2 N–H and O–H groups in total. The van der Waals surface area contributed by atoms with Crippen LogP contribution in [0.3, 0.4) is 0 Å². The number of anilines is 1. The lowest BCUT2D eigenvalue weighted by Crippen LogP contribution is -2.40. The van der Waals surface area contributed by atoms with E-state index in [9.17, 15) is 8.42 Å². The Labute approximate surface area is 118 Å². The third-order valence-corrected chi connectivity index (χ3v) is 5.45. The van der Waals surface area contributed by atoms with Crippen LogP contribution in [0, 0.1) is 11.3 Å². The zero-order chi connectivity index (χ0) is 14.8. The van der Waals surface area contributed by atoms with E-state index in [1.165, 1.54) is 22.5 Å². The van der Waals surface area contributed by atoms with Gasteiger partial charge < -0.3 is 10.5 Å². The lowest BCUT2D eigenvalue weighted by atomic mass is 10.1. The maximum absolute atomic E-state index is 12.6. The summed E-state index contributed by atoms with van der Waals surface area (Å²) in [6.07, 6.45) is 1.32. The Morgan fingerprint density at radius 2 is 2.05 bits per heavy atom. The Kier molecular flexibility index (Phi) is 4.28. The molecule has 0 amide bonds. The number of hydrogen-bond acceptors (Lipinski definition) is 5. The SMILES string of the molecule is CN(C1CCOCC1)S(=O)(=O)c1ccc(N)cc1C#N. The van der Waals surface area contributed by atoms with Crippen molar-refractivity contribution >= 4 is 15.7 Å². The first-order valence-electron chi connectivity index (χ1n) is 6.32. The number of nitrogens with two attached hydrogens (primary N) is 1. The second kappa shape index (κ2) is 5.79. The van der Waals surface area contributed by atoms with Crippen molar-refractivity contribution in [1.82, 2.24) is 4.31 Å². The highest BCUT2D eigenvalue weighted by molar-refractivity contribution is 7.89. The first-order chi connectivity index (χ1) is 9.46. The van der Waals surface area contributed by atoms with Crippen molar-refractivity contribution in [3.8, 4) is 6.07 Å². The summed E-state index contributed by atoms with van der Waals surface area (Å²) in [5, 5.41) is 9.09. The molecule has 0 bridgehead atoms. The van der Waals surface area contributed by atoms with Gasteiger partial charge in [0.1, 0.15) is 11.0 Å². The zero-order valence-electron chi connectivity index (χ0n) is 11.2. The highest BCUT2D eigenvalue weighted by Crippen LogP contribution is 2.25. The van der Waals surface area contributed by atoms with Crippen LogP contribution in [0.5, 0.6) is 0 Å². The van der Waals surface area contributed by atoms with Gasteiger partial charge in [0, 0.05) is 32.0 Å². The van der Waals surface area contributed by atoms with Crippen LogP contribution in [0.1, 0.15) is 18.4 Å². The van der Waals surface area contributed by atoms with E-state index >= 15 is 0 Å². The number of nitriles is 1. The fraction of sp³-hybridized carbons (Fsp3) is 0.462. The third-order valence-electron chi connectivity index (χ3n) is 3.49. The number of hydrogen-bond donors (Lipinski definition) is 1. The van der Waals surface area contributed by atoms with E-state index < -0.39 is 10.0 Å². The number of nitrogens with zero attached hydrogens (tertiary/aromatic N) is 2. The summed E-state index contributed by atoms with van der Waals surface area (Å²) < 4.78 is 31.8. The van der Waals surface area contributed by atoms with Gasteiger partial charge in [-0.3, -0.25) is 0 Å². The molecule has 0 spiro atoms. The van der Waals surface area contributed by atoms with Gasteiger partial charge in [0.25, 0.3) is 0 Å². The molecule has 1 aliphatic rings. The number of nitrogen functional groups attached to an aromatic ring is 1. The molecule has 1 aromatic carbocycles. The van der Waals surface area contributed by atoms with E-state index in [4.69, 9.17) is 15.7 Å². The monoisotopic (exact) mass is 295 g/mol. The number of benzene rings is 1. The molecular weight excluding hydrogens is 278 g/mol. The first kappa shape index (κ1) is 14.8. The molecule has 0 saturated carbocycles. The van der Waals surface area contributed by atoms with Crippen molar-refractivity contribution in [2.45, 2.75) is 23.8 Å². The van der Waals surface area contributed by atoms with Crippen LogP contribution >= 0.6 is 0 Å². The van der Waals surface area contributed by atoms with Crippen molar-refractivity contribution in [2.24, 2.45) is 0 Å². The largest absolute Gasteiger partial charge is 0.399 e. The molecule has 0 aromatic heterocycles. The first-order valence-corrected chi connectivity index (χ1v) is 7.76. The van der Waals surface area contributed by atoms with Gasteiger partial charge in [0.2, 0.25) is 10.0 Å². The molecule has 108 valence electrons. The van der Waals surface area contributed by atoms with E-state index in [0.29, 0.717) is 31.7 Å². The minimum atomic E-state index is -3.70. The summed E-state index contributed by atoms with van der Waals surface area (Å²) in [5.74, 6) is 0. The van der Waals surface area contributed by atoms with Crippen molar-refractivity contribution in [3.05, 3.63) is 23.8 Å². The van der Waals surface area contributed by atoms with Crippen LogP contribution in [-0.2, 0) is 14.8 Å². The number of sulfonamides is 1. The Hall–Kier alpha value is -1.62. The van der Waals surface area contributed by atoms with Crippen LogP contribution in [0.4, 0.5) is 5.69 Å². The highest BCUT2D eigenvalue weighted by atomic mass is 32.2. The van der Waals surface area contributed by atoms with E-state index in [-0.39, 0.29) is 16.5 Å². The Balaban J connectivity index is 2.37. The van der Waals surface area contributed by atoms with Crippen LogP contribution in [0.2, 0.25) is 0 Å². The molecule has 6 nitrogen and oxygen atoms in total. The Morgan fingerprint density at radius 1 is 1.40 bits per heavy atom. The normalized spacial score (nSPS) is 17.1. The molecule has 0 unspecified atom stereocenters. The van der Waals surface area contributed by atoms with Crippen LogP contribution in [0.15, 0.2) is 23.1 Å². The topological polar surface area (TPSA) is 96.4 Å². The molecule has 20 heavy (non-hydrogen) atoms. The van der Waals surface area contributed by atoms with Gasteiger partial charge in [-0.25, -0.2) is 8.42 Å². The van der Waals surface area contributed by atoms with Gasteiger partial charge in [-0.05, 0) is 31.0 Å². The summed E-state index contributed by atoms with van der Waals surface area (Å²) in [7, 11) is -2.15. The third kappa shape index (κ3) is 2.77. The van der Waals surface area contributed by atoms with Crippen LogP contribution in [-0.4, -0.2) is 39.0 Å². The molecule has 7 heteroatoms. The Morgan fingerprint density at radius 3 is 2.65 bits per heavy atom. The highest BCUT2D eigenvalue weighted by Gasteiger charge is 2.31. The summed E-state index contributed by atoms with van der Waals surface area (Å²) in [6, 6.07) is 6.05. The lowest BCUT2D eigenvalue weighted by molar-refractivity contribution is 0.0632. The molecule has 2 rings (SSSR count). The fourth-order valence-corrected chi connectivity index (χ4v) is 3.80. The van der Waals surface area contributed by atoms with E-state index in [1.807, 2.05) is 6.07 Å². The fourth-order valence-electron chi connectivity index (χ4n) is 2.26. The summed E-state index contributed by atoms with van der Waals surface area (Å²) in [5.41, 5.74) is 6.03. The van der Waals surface area contributed by atoms with E-state index in [1.54, 1.807) is 7.05 Å². The quantitative estimate of drug-likeness (QED) is 0.837. The number of rotatable bonds is 3. The summed E-state index contributed by atoms with van der Waals surface area (Å²) >= 11 is 0. The molecule has 0 atom stereocenters. The van der Waals surface area contributed by atoms with Gasteiger partial charge in [0.15, 0.2) is 0 Å². The van der Waals surface area contributed by atoms with E-state index in [2.05, 4.69) is 0 Å². The van der Waals surface area contributed by atoms with Crippen LogP contribution < -0.4 is 5.73 Å². The summed E-state index contributed by atoms with van der Waals surface area (Å²) in [6.45, 7) is 1.11. The Bertz CT molecular complexity index is 631. The predicted octanol–water partition coefficient (Wildman–Crippen LogP) is 0.940. The predicted molar refractivity (Wildman–Crippen MR) is 74.4 cm³/mol. The molecule has 1 aliphatic heterocycles. The maximum Gasteiger partial charge on any atom is 0.244 e. The second-order valence-electron chi connectivity index (χ2n) is 4.73. The summed E-state index contributed by atoms with van der Waals surface area (Å²) in [4.78, 5) is 0.00296. The second-order valence-corrected chi connectivity index (χ2v) is 6.70. The molecule has 0 radical (unpaired) electrons. The molecule has 0 aliphatic carbocycles. The lowest BCUT2D eigenvalue weighted by Gasteiger charge is -2.30. The van der Waals surface area contributed by atoms with Crippen molar-refractivity contribution < 1.29 is 13.2 Å². The molecule has 1 fully saturated rings. The standard InChI is InChI=1S/C13H17N3O3S/c1-16(12-4-6-19-7-5-12)20(17,18)13-3-2-11(15)8-10(13)9-14/h2-3,8,12H,4-7,15H2,1H3. The van der Waals surface area contributed by atoms with Crippen molar-refractivity contribution in [3.63, 3.8) is 0 Å². The number of ether oxygens (including phenoxy) is 1. The van der Waals surface area contributed by atoms with Crippen molar-refractivity contribution in [1.29, 1.82) is 5.26 Å². The smallest absolute Gasteiger partial charge is 0.244 e. The molecular formula is C13H17N3O3S. The average molecular weight is 295 g/mol. The zero-order valence-corrected chi connectivity index (χ0v) is 12.1. The molecule has 1 heterocycles. The molecule has 1 saturated heterocycles. The van der Waals surface area contributed by atoms with Crippen molar-refractivity contribution in [2.75, 3.05) is 26.0 Å². The average Bonchev–Trinajstić information content (AvgIpc) is 2.46. The van der Waals surface area contributed by atoms with Gasteiger partial charge in [-0.1, -0.05) is 0 Å². The van der Waals surface area contributed by atoms with E-state index in [0.717, 1.165) is 0 Å². The van der Waals surface area contributed by atoms with Gasteiger partial charge in [-0.15, -0.1) is 0 Å².